The molecule has 1 atom stereocenters. The van der Waals surface area contributed by atoms with Crippen molar-refractivity contribution in [2.45, 2.75) is 18.1 Å². The largest absolute Gasteiger partial charge is 0.349 e. The number of aromatic nitrogens is 4. The molecule has 1 heterocycles. The van der Waals surface area contributed by atoms with Crippen molar-refractivity contribution in [2.24, 2.45) is 7.05 Å². The van der Waals surface area contributed by atoms with E-state index in [0.717, 1.165) is 10.0 Å². The van der Waals surface area contributed by atoms with Crippen LogP contribution in [0.25, 0.3) is 0 Å². The number of amides is 1. The quantitative estimate of drug-likeness (QED) is 0.829. The third-order valence-corrected chi connectivity index (χ3v) is 4.20. The first-order chi connectivity index (χ1) is 9.56. The maximum atomic E-state index is 11.9. The van der Waals surface area contributed by atoms with E-state index in [1.807, 2.05) is 31.2 Å². The van der Waals surface area contributed by atoms with Crippen molar-refractivity contribution < 1.29 is 4.79 Å². The van der Waals surface area contributed by atoms with Gasteiger partial charge in [0.25, 0.3) is 0 Å². The summed E-state index contributed by atoms with van der Waals surface area (Å²) in [5, 5.41) is 14.6. The summed E-state index contributed by atoms with van der Waals surface area (Å²) in [5.74, 6) is 0.239. The molecule has 0 aliphatic rings. The van der Waals surface area contributed by atoms with Gasteiger partial charge in [-0.25, -0.2) is 4.68 Å². The standard InChI is InChI=1S/C12H14BrN5OS/c1-8(9-3-5-10(13)6-4-9)14-11(19)7-20-12-15-16-17-18(12)2/h3-6,8H,7H2,1-2H3,(H,14,19)/t8-/m1/s1. The Balaban J connectivity index is 1.85. The Morgan fingerprint density at radius 3 is 2.75 bits per heavy atom. The number of carbonyl (C=O) groups excluding carboxylic acids is 1. The van der Waals surface area contributed by atoms with E-state index in [1.54, 1.807) is 7.05 Å². The summed E-state index contributed by atoms with van der Waals surface area (Å²) in [6.07, 6.45) is 0. The molecule has 0 fully saturated rings. The zero-order valence-corrected chi connectivity index (χ0v) is 13.5. The van der Waals surface area contributed by atoms with Crippen LogP contribution in [0.3, 0.4) is 0 Å². The number of thioether (sulfide) groups is 1. The van der Waals surface area contributed by atoms with Crippen LogP contribution < -0.4 is 5.32 Å². The van der Waals surface area contributed by atoms with Crippen molar-refractivity contribution in [2.75, 3.05) is 5.75 Å². The summed E-state index contributed by atoms with van der Waals surface area (Å²) in [7, 11) is 1.74. The van der Waals surface area contributed by atoms with Crippen LogP contribution >= 0.6 is 27.7 Å². The Hall–Kier alpha value is -1.41. The molecule has 0 saturated heterocycles. The molecule has 1 aromatic carbocycles. The van der Waals surface area contributed by atoms with Crippen molar-refractivity contribution >= 4 is 33.6 Å². The molecule has 0 saturated carbocycles. The molecular weight excluding hydrogens is 342 g/mol. The van der Waals surface area contributed by atoms with Gasteiger partial charge in [0.05, 0.1) is 11.8 Å². The maximum absolute atomic E-state index is 11.9. The van der Waals surface area contributed by atoms with Crippen LogP contribution in [0, 0.1) is 0 Å². The minimum atomic E-state index is -0.0478. The first-order valence-electron chi connectivity index (χ1n) is 5.96. The Bertz CT molecular complexity index is 586. The normalized spacial score (nSPS) is 12.2. The highest BCUT2D eigenvalue weighted by molar-refractivity contribution is 9.10. The van der Waals surface area contributed by atoms with Gasteiger partial charge in [-0.15, -0.1) is 5.10 Å². The van der Waals surface area contributed by atoms with E-state index in [1.165, 1.54) is 16.4 Å². The van der Waals surface area contributed by atoms with E-state index in [-0.39, 0.29) is 17.7 Å². The van der Waals surface area contributed by atoms with Gasteiger partial charge in [-0.3, -0.25) is 4.79 Å². The summed E-state index contributed by atoms with van der Waals surface area (Å²) >= 11 is 4.70. The third-order valence-electron chi connectivity index (χ3n) is 2.66. The van der Waals surface area contributed by atoms with Crippen LogP contribution in [0.4, 0.5) is 0 Å². The van der Waals surface area contributed by atoms with Crippen molar-refractivity contribution in [3.8, 4) is 0 Å². The van der Waals surface area contributed by atoms with Gasteiger partial charge in [0.1, 0.15) is 0 Å². The van der Waals surface area contributed by atoms with E-state index >= 15 is 0 Å². The number of halogens is 1. The molecule has 106 valence electrons. The number of benzene rings is 1. The second-order valence-electron chi connectivity index (χ2n) is 4.21. The molecule has 20 heavy (non-hydrogen) atoms. The Morgan fingerprint density at radius 2 is 2.15 bits per heavy atom. The lowest BCUT2D eigenvalue weighted by Crippen LogP contribution is -2.28. The fourth-order valence-corrected chi connectivity index (χ4v) is 2.52. The minimum absolute atomic E-state index is 0.0335. The van der Waals surface area contributed by atoms with E-state index < -0.39 is 0 Å². The predicted molar refractivity (Wildman–Crippen MR) is 80.2 cm³/mol. The highest BCUT2D eigenvalue weighted by atomic mass is 79.9. The van der Waals surface area contributed by atoms with Gasteiger partial charge in [0.2, 0.25) is 11.1 Å². The zero-order chi connectivity index (χ0) is 14.5. The summed E-state index contributed by atoms with van der Waals surface area (Å²) in [6.45, 7) is 1.95. The van der Waals surface area contributed by atoms with Gasteiger partial charge < -0.3 is 5.32 Å². The van der Waals surface area contributed by atoms with Crippen LogP contribution in [-0.4, -0.2) is 31.9 Å². The molecule has 1 amide bonds. The summed E-state index contributed by atoms with van der Waals surface area (Å²) in [4.78, 5) is 11.9. The van der Waals surface area contributed by atoms with Gasteiger partial charge >= 0.3 is 0 Å². The van der Waals surface area contributed by atoms with E-state index in [0.29, 0.717) is 5.16 Å². The fourth-order valence-electron chi connectivity index (χ4n) is 1.59. The monoisotopic (exact) mass is 355 g/mol. The Morgan fingerprint density at radius 1 is 1.45 bits per heavy atom. The lowest BCUT2D eigenvalue weighted by atomic mass is 10.1. The number of hydrogen-bond acceptors (Lipinski definition) is 5. The summed E-state index contributed by atoms with van der Waals surface area (Å²) in [5.41, 5.74) is 1.06. The van der Waals surface area contributed by atoms with E-state index in [4.69, 9.17) is 0 Å². The van der Waals surface area contributed by atoms with Crippen LogP contribution in [0.2, 0.25) is 0 Å². The molecule has 1 N–H and O–H groups in total. The van der Waals surface area contributed by atoms with Crippen molar-refractivity contribution in [3.63, 3.8) is 0 Å². The SMILES string of the molecule is C[C@@H](NC(=O)CSc1nnnn1C)c1ccc(Br)cc1. The van der Waals surface area contributed by atoms with Crippen molar-refractivity contribution in [3.05, 3.63) is 34.3 Å². The number of tetrazole rings is 1. The first kappa shape index (κ1) is 15.0. The van der Waals surface area contributed by atoms with Gasteiger partial charge in [0, 0.05) is 11.5 Å². The number of nitrogens with zero attached hydrogens (tertiary/aromatic N) is 4. The number of nitrogens with one attached hydrogen (secondary N) is 1. The van der Waals surface area contributed by atoms with Gasteiger partial charge in [0.15, 0.2) is 0 Å². The van der Waals surface area contributed by atoms with Crippen LogP contribution in [-0.2, 0) is 11.8 Å². The van der Waals surface area contributed by atoms with Crippen molar-refractivity contribution in [1.82, 2.24) is 25.5 Å². The lowest BCUT2D eigenvalue weighted by molar-refractivity contribution is -0.119. The van der Waals surface area contributed by atoms with Crippen LogP contribution in [0.1, 0.15) is 18.5 Å². The molecule has 2 rings (SSSR count). The molecule has 6 nitrogen and oxygen atoms in total. The topological polar surface area (TPSA) is 72.7 Å². The molecule has 0 aliphatic heterocycles. The third kappa shape index (κ3) is 4.04. The minimum Gasteiger partial charge on any atom is -0.349 e. The number of hydrogen-bond donors (Lipinski definition) is 1. The molecule has 0 radical (unpaired) electrons. The number of rotatable bonds is 5. The molecule has 0 unspecified atom stereocenters. The summed E-state index contributed by atoms with van der Waals surface area (Å²) < 4.78 is 2.56. The molecule has 0 aliphatic carbocycles. The van der Waals surface area contributed by atoms with Gasteiger partial charge in [-0.2, -0.15) is 0 Å². The van der Waals surface area contributed by atoms with Crippen LogP contribution in [0.15, 0.2) is 33.9 Å². The number of aryl methyl sites for hydroxylation is 1. The second-order valence-corrected chi connectivity index (χ2v) is 6.07. The second kappa shape index (κ2) is 6.85. The molecule has 2 aromatic rings. The average molecular weight is 356 g/mol. The Labute approximate surface area is 129 Å². The smallest absolute Gasteiger partial charge is 0.230 e. The van der Waals surface area contributed by atoms with E-state index in [9.17, 15) is 4.79 Å². The molecule has 0 spiro atoms. The highest BCUT2D eigenvalue weighted by Crippen LogP contribution is 2.17. The zero-order valence-electron chi connectivity index (χ0n) is 11.1. The van der Waals surface area contributed by atoms with Crippen molar-refractivity contribution in [1.29, 1.82) is 0 Å². The summed E-state index contributed by atoms with van der Waals surface area (Å²) in [6, 6.07) is 7.84. The molecule has 1 aromatic heterocycles. The van der Waals surface area contributed by atoms with Crippen LogP contribution in [0.5, 0.6) is 0 Å². The molecule has 0 bridgehead atoms. The Kier molecular flexibility index (Phi) is 5.13. The van der Waals surface area contributed by atoms with Gasteiger partial charge in [-0.05, 0) is 35.0 Å². The first-order valence-corrected chi connectivity index (χ1v) is 7.74. The molecule has 8 heteroatoms. The maximum Gasteiger partial charge on any atom is 0.230 e. The predicted octanol–water partition coefficient (Wildman–Crippen LogP) is 1.94. The highest BCUT2D eigenvalue weighted by Gasteiger charge is 2.11. The lowest BCUT2D eigenvalue weighted by Gasteiger charge is -2.14. The van der Waals surface area contributed by atoms with E-state index in [2.05, 4.69) is 36.8 Å². The fraction of sp³-hybridized carbons (Fsp3) is 0.333. The van der Waals surface area contributed by atoms with Gasteiger partial charge in [-0.1, -0.05) is 39.8 Å². The number of carbonyl (C=O) groups is 1. The average Bonchev–Trinajstić information content (AvgIpc) is 2.82. The molecular formula is C12H14BrN5OS.